The molecule has 0 aromatic heterocycles. The van der Waals surface area contributed by atoms with Crippen LogP contribution in [0.2, 0.25) is 0 Å². The van der Waals surface area contributed by atoms with E-state index in [0.29, 0.717) is 24.9 Å². The van der Waals surface area contributed by atoms with Crippen molar-refractivity contribution in [3.63, 3.8) is 0 Å². The predicted molar refractivity (Wildman–Crippen MR) is 61.3 cm³/mol. The second-order valence-corrected chi connectivity index (χ2v) is 4.13. The maximum Gasteiger partial charge on any atom is 0.251 e. The first kappa shape index (κ1) is 11.6. The van der Waals surface area contributed by atoms with Gasteiger partial charge in [-0.05, 0) is 30.5 Å². The molecular formula is C12H13FN2O2. The standard InChI is InChI=1S/C12H13FN2O2/c1-15-10-6-8(12(14)17)9(13)5-7(10)3-2-4-11(15)16/h5-6H,2-4H2,1H3,(H2,14,17). The van der Waals surface area contributed by atoms with E-state index >= 15 is 0 Å². The van der Waals surface area contributed by atoms with Gasteiger partial charge in [-0.2, -0.15) is 0 Å². The van der Waals surface area contributed by atoms with Crippen molar-refractivity contribution in [2.75, 3.05) is 11.9 Å². The van der Waals surface area contributed by atoms with Gasteiger partial charge in [0.25, 0.3) is 5.91 Å². The number of benzene rings is 1. The van der Waals surface area contributed by atoms with Crippen LogP contribution in [0.15, 0.2) is 12.1 Å². The lowest BCUT2D eigenvalue weighted by molar-refractivity contribution is -0.118. The molecule has 4 nitrogen and oxygen atoms in total. The Kier molecular flexibility index (Phi) is 2.83. The molecule has 90 valence electrons. The fourth-order valence-electron chi connectivity index (χ4n) is 2.04. The van der Waals surface area contributed by atoms with Crippen LogP contribution < -0.4 is 10.6 Å². The highest BCUT2D eigenvalue weighted by molar-refractivity contribution is 5.98. The summed E-state index contributed by atoms with van der Waals surface area (Å²) < 4.78 is 13.6. The highest BCUT2D eigenvalue weighted by Gasteiger charge is 2.22. The number of primary amides is 1. The van der Waals surface area contributed by atoms with Gasteiger partial charge >= 0.3 is 0 Å². The molecule has 5 heteroatoms. The van der Waals surface area contributed by atoms with E-state index in [2.05, 4.69) is 0 Å². The number of hydrogen-bond donors (Lipinski definition) is 1. The van der Waals surface area contributed by atoms with E-state index in [9.17, 15) is 14.0 Å². The molecule has 2 N–H and O–H groups in total. The molecule has 0 radical (unpaired) electrons. The molecule has 0 aliphatic carbocycles. The van der Waals surface area contributed by atoms with Gasteiger partial charge < -0.3 is 10.6 Å². The van der Waals surface area contributed by atoms with Crippen molar-refractivity contribution in [1.29, 1.82) is 0 Å². The maximum atomic E-state index is 13.6. The van der Waals surface area contributed by atoms with Crippen LogP contribution in [0.5, 0.6) is 0 Å². The number of halogens is 1. The molecule has 0 atom stereocenters. The summed E-state index contributed by atoms with van der Waals surface area (Å²) in [5.41, 5.74) is 6.22. The van der Waals surface area contributed by atoms with Crippen LogP contribution in [0, 0.1) is 5.82 Å². The zero-order chi connectivity index (χ0) is 12.6. The lowest BCUT2D eigenvalue weighted by Crippen LogP contribution is -2.26. The maximum absolute atomic E-state index is 13.6. The largest absolute Gasteiger partial charge is 0.366 e. The highest BCUT2D eigenvalue weighted by Crippen LogP contribution is 2.28. The number of amides is 2. The van der Waals surface area contributed by atoms with Crippen LogP contribution >= 0.6 is 0 Å². The molecule has 17 heavy (non-hydrogen) atoms. The predicted octanol–water partition coefficient (Wildman–Crippen LogP) is 1.22. The Hall–Kier alpha value is -1.91. The van der Waals surface area contributed by atoms with Crippen molar-refractivity contribution in [2.45, 2.75) is 19.3 Å². The number of fused-ring (bicyclic) bond motifs is 1. The van der Waals surface area contributed by atoms with E-state index in [-0.39, 0.29) is 11.5 Å². The molecule has 1 heterocycles. The summed E-state index contributed by atoms with van der Waals surface area (Å²) in [6, 6.07) is 2.65. The molecule has 1 aromatic rings. The second kappa shape index (κ2) is 4.16. The molecule has 0 saturated heterocycles. The molecule has 0 bridgehead atoms. The van der Waals surface area contributed by atoms with E-state index in [1.54, 1.807) is 7.05 Å². The average Bonchev–Trinajstić information content (AvgIpc) is 2.39. The number of carbonyl (C=O) groups is 2. The van der Waals surface area contributed by atoms with Crippen LogP contribution in [0.3, 0.4) is 0 Å². The zero-order valence-corrected chi connectivity index (χ0v) is 9.50. The fourth-order valence-corrected chi connectivity index (χ4v) is 2.04. The number of aryl methyl sites for hydroxylation is 1. The molecule has 2 amide bonds. The van der Waals surface area contributed by atoms with Crippen molar-refractivity contribution < 1.29 is 14.0 Å². The SMILES string of the molecule is CN1C(=O)CCCc2cc(F)c(C(N)=O)cc21. The monoisotopic (exact) mass is 236 g/mol. The highest BCUT2D eigenvalue weighted by atomic mass is 19.1. The topological polar surface area (TPSA) is 63.4 Å². The van der Waals surface area contributed by atoms with Crippen LogP contribution in [-0.2, 0) is 11.2 Å². The smallest absolute Gasteiger partial charge is 0.251 e. The van der Waals surface area contributed by atoms with Crippen molar-refractivity contribution in [1.82, 2.24) is 0 Å². The summed E-state index contributed by atoms with van der Waals surface area (Å²) in [7, 11) is 1.62. The Morgan fingerprint density at radius 2 is 2.12 bits per heavy atom. The summed E-state index contributed by atoms with van der Waals surface area (Å²) in [5.74, 6) is -1.49. The average molecular weight is 236 g/mol. The normalized spacial score (nSPS) is 15.4. The molecule has 0 fully saturated rings. The second-order valence-electron chi connectivity index (χ2n) is 4.13. The number of hydrogen-bond acceptors (Lipinski definition) is 2. The third-order valence-electron chi connectivity index (χ3n) is 3.01. The Bertz CT molecular complexity index is 500. The van der Waals surface area contributed by atoms with Gasteiger partial charge in [-0.1, -0.05) is 0 Å². The van der Waals surface area contributed by atoms with Crippen LogP contribution in [0.25, 0.3) is 0 Å². The quantitative estimate of drug-likeness (QED) is 0.796. The van der Waals surface area contributed by atoms with E-state index < -0.39 is 11.7 Å². The molecular weight excluding hydrogens is 223 g/mol. The lowest BCUT2D eigenvalue weighted by Gasteiger charge is -2.18. The van der Waals surface area contributed by atoms with Crippen molar-refractivity contribution >= 4 is 17.5 Å². The van der Waals surface area contributed by atoms with Crippen molar-refractivity contribution in [2.24, 2.45) is 5.73 Å². The van der Waals surface area contributed by atoms with Gasteiger partial charge in [0, 0.05) is 19.2 Å². The van der Waals surface area contributed by atoms with Gasteiger partial charge in [-0.25, -0.2) is 4.39 Å². The summed E-state index contributed by atoms with van der Waals surface area (Å²) in [6.45, 7) is 0. The molecule has 2 rings (SSSR count). The van der Waals surface area contributed by atoms with Gasteiger partial charge in [0.1, 0.15) is 5.82 Å². The van der Waals surface area contributed by atoms with Gasteiger partial charge in [-0.15, -0.1) is 0 Å². The Labute approximate surface area is 98.2 Å². The molecule has 0 unspecified atom stereocenters. The lowest BCUT2D eigenvalue weighted by atomic mass is 10.0. The van der Waals surface area contributed by atoms with Crippen LogP contribution in [-0.4, -0.2) is 18.9 Å². The van der Waals surface area contributed by atoms with Gasteiger partial charge in [0.05, 0.1) is 5.56 Å². The molecule has 1 aliphatic rings. The van der Waals surface area contributed by atoms with E-state index in [1.165, 1.54) is 17.0 Å². The summed E-state index contributed by atoms with van der Waals surface area (Å²) in [5, 5.41) is 0. The fraction of sp³-hybridized carbons (Fsp3) is 0.333. The summed E-state index contributed by atoms with van der Waals surface area (Å²) in [4.78, 5) is 24.2. The Balaban J connectivity index is 2.58. The number of rotatable bonds is 1. The minimum Gasteiger partial charge on any atom is -0.366 e. The molecule has 1 aromatic carbocycles. The van der Waals surface area contributed by atoms with Gasteiger partial charge in [0.15, 0.2) is 0 Å². The van der Waals surface area contributed by atoms with Crippen molar-refractivity contribution in [3.8, 4) is 0 Å². The van der Waals surface area contributed by atoms with Crippen LogP contribution in [0.4, 0.5) is 10.1 Å². The van der Waals surface area contributed by atoms with E-state index in [1.807, 2.05) is 0 Å². The first-order valence-corrected chi connectivity index (χ1v) is 5.39. The molecule has 0 spiro atoms. The number of anilines is 1. The van der Waals surface area contributed by atoms with Crippen molar-refractivity contribution in [3.05, 3.63) is 29.1 Å². The number of carbonyl (C=O) groups excluding carboxylic acids is 2. The van der Waals surface area contributed by atoms with E-state index in [0.717, 1.165) is 5.56 Å². The first-order chi connectivity index (χ1) is 8.00. The Morgan fingerprint density at radius 1 is 1.41 bits per heavy atom. The van der Waals surface area contributed by atoms with Gasteiger partial charge in [0.2, 0.25) is 5.91 Å². The first-order valence-electron chi connectivity index (χ1n) is 5.39. The summed E-state index contributed by atoms with van der Waals surface area (Å²) >= 11 is 0. The zero-order valence-electron chi connectivity index (χ0n) is 9.50. The number of nitrogens with zero attached hydrogens (tertiary/aromatic N) is 1. The third-order valence-corrected chi connectivity index (χ3v) is 3.01. The summed E-state index contributed by atoms with van der Waals surface area (Å²) in [6.07, 6.45) is 1.74. The minimum absolute atomic E-state index is 0.0363. The number of nitrogens with two attached hydrogens (primary N) is 1. The minimum atomic E-state index is -0.824. The Morgan fingerprint density at radius 3 is 2.76 bits per heavy atom. The van der Waals surface area contributed by atoms with Crippen LogP contribution in [0.1, 0.15) is 28.8 Å². The van der Waals surface area contributed by atoms with E-state index in [4.69, 9.17) is 5.73 Å². The molecule has 0 saturated carbocycles. The molecule has 1 aliphatic heterocycles. The third kappa shape index (κ3) is 2.00. The van der Waals surface area contributed by atoms with Gasteiger partial charge in [-0.3, -0.25) is 9.59 Å².